The summed E-state index contributed by atoms with van der Waals surface area (Å²) in [6.45, 7) is 0.181. The van der Waals surface area contributed by atoms with Crippen molar-refractivity contribution < 1.29 is 14.7 Å². The van der Waals surface area contributed by atoms with E-state index in [0.717, 1.165) is 11.4 Å². The molecule has 0 aliphatic rings. The molecule has 3 aromatic rings. The Morgan fingerprint density at radius 1 is 1.29 bits per heavy atom. The van der Waals surface area contributed by atoms with Gasteiger partial charge in [-0.15, -0.1) is 11.3 Å². The lowest BCUT2D eigenvalue weighted by molar-refractivity contribution is -0.116. The lowest BCUT2D eigenvalue weighted by Crippen LogP contribution is -2.17. The molecule has 0 aromatic carbocycles. The summed E-state index contributed by atoms with van der Waals surface area (Å²) >= 11 is 1.32. The van der Waals surface area contributed by atoms with Crippen LogP contribution in [0.4, 0.5) is 5.13 Å². The molecule has 0 unspecified atom stereocenters. The molecular weight excluding hydrogens is 332 g/mol. The topological polar surface area (TPSA) is 115 Å². The maximum atomic E-state index is 12.0. The van der Waals surface area contributed by atoms with E-state index >= 15 is 0 Å². The monoisotopic (exact) mass is 346 g/mol. The lowest BCUT2D eigenvalue weighted by atomic mass is 10.3. The molecule has 0 radical (unpaired) electrons. The number of carbonyl (C=O) groups is 2. The van der Waals surface area contributed by atoms with Crippen molar-refractivity contribution in [3.63, 3.8) is 0 Å². The number of hydrogen-bond acceptors (Lipinski definition) is 6. The van der Waals surface area contributed by atoms with Crippen LogP contribution in [0.25, 0.3) is 11.4 Å². The van der Waals surface area contributed by atoms with E-state index in [0.29, 0.717) is 5.13 Å². The van der Waals surface area contributed by atoms with Crippen LogP contribution < -0.4 is 5.32 Å². The van der Waals surface area contributed by atoms with Crippen LogP contribution in [0, 0.1) is 0 Å². The number of carboxylic acids is 1. The number of nitrogens with one attached hydrogen (secondary N) is 1. The number of rotatable bonds is 6. The Kier molecular flexibility index (Phi) is 4.38. The Hall–Kier alpha value is -3.01. The fourth-order valence-electron chi connectivity index (χ4n) is 2.16. The van der Waals surface area contributed by atoms with E-state index in [-0.39, 0.29) is 24.6 Å². The smallest absolute Gasteiger partial charge is 0.354 e. The molecule has 3 aromatic heterocycles. The molecule has 10 heteroatoms. The van der Waals surface area contributed by atoms with E-state index in [1.165, 1.54) is 28.3 Å². The van der Waals surface area contributed by atoms with E-state index in [1.807, 2.05) is 18.5 Å². The standard InChI is InChI=1S/C14H14N6O3S/c1-19-10(2-5-15-19)9-8-24-14(17-9)18-12(21)4-7-20-11(13(22)23)3-6-16-20/h2-3,5-6,8H,4,7H2,1H3,(H,22,23)(H,17,18,21). The predicted octanol–water partition coefficient (Wildman–Crippen LogP) is 1.47. The van der Waals surface area contributed by atoms with Gasteiger partial charge in [-0.3, -0.25) is 14.2 Å². The first kappa shape index (κ1) is 15.9. The van der Waals surface area contributed by atoms with Gasteiger partial charge in [-0.1, -0.05) is 0 Å². The zero-order valence-corrected chi connectivity index (χ0v) is 13.5. The average molecular weight is 346 g/mol. The van der Waals surface area contributed by atoms with E-state index in [2.05, 4.69) is 20.5 Å². The maximum absolute atomic E-state index is 12.0. The predicted molar refractivity (Wildman–Crippen MR) is 86.7 cm³/mol. The molecule has 124 valence electrons. The quantitative estimate of drug-likeness (QED) is 0.698. The van der Waals surface area contributed by atoms with Gasteiger partial charge in [0, 0.05) is 31.2 Å². The van der Waals surface area contributed by atoms with Crippen molar-refractivity contribution in [2.75, 3.05) is 5.32 Å². The molecule has 24 heavy (non-hydrogen) atoms. The third-order valence-corrected chi connectivity index (χ3v) is 4.08. The summed E-state index contributed by atoms with van der Waals surface area (Å²) < 4.78 is 2.98. The van der Waals surface area contributed by atoms with E-state index in [1.54, 1.807) is 10.9 Å². The molecular formula is C14H14N6O3S. The normalized spacial score (nSPS) is 10.7. The van der Waals surface area contributed by atoms with Crippen LogP contribution in [-0.2, 0) is 18.4 Å². The number of aromatic carboxylic acids is 1. The van der Waals surface area contributed by atoms with Crippen LogP contribution in [0.1, 0.15) is 16.9 Å². The minimum atomic E-state index is -1.08. The number of aryl methyl sites for hydroxylation is 2. The van der Waals surface area contributed by atoms with Crippen LogP contribution in [0.15, 0.2) is 29.9 Å². The average Bonchev–Trinajstić information content (AvgIpc) is 3.25. The van der Waals surface area contributed by atoms with Crippen molar-refractivity contribution in [1.82, 2.24) is 24.5 Å². The van der Waals surface area contributed by atoms with Gasteiger partial charge in [0.2, 0.25) is 5.91 Å². The summed E-state index contributed by atoms with van der Waals surface area (Å²) in [7, 11) is 1.82. The van der Waals surface area contributed by atoms with Gasteiger partial charge in [-0.25, -0.2) is 9.78 Å². The van der Waals surface area contributed by atoms with Crippen molar-refractivity contribution in [3.8, 4) is 11.4 Å². The van der Waals surface area contributed by atoms with Gasteiger partial charge in [0.25, 0.3) is 0 Å². The highest BCUT2D eigenvalue weighted by atomic mass is 32.1. The van der Waals surface area contributed by atoms with Gasteiger partial charge in [-0.05, 0) is 12.1 Å². The van der Waals surface area contributed by atoms with E-state index in [4.69, 9.17) is 5.11 Å². The molecule has 0 bridgehead atoms. The number of carboxylic acid groups (broad SMARTS) is 1. The highest BCUT2D eigenvalue weighted by Crippen LogP contribution is 2.24. The van der Waals surface area contributed by atoms with Crippen LogP contribution in [0.3, 0.4) is 0 Å². The summed E-state index contributed by atoms with van der Waals surface area (Å²) in [4.78, 5) is 27.3. The minimum absolute atomic E-state index is 0.0514. The molecule has 0 fully saturated rings. The first-order valence-corrected chi connectivity index (χ1v) is 7.91. The lowest BCUT2D eigenvalue weighted by Gasteiger charge is -2.04. The molecule has 0 saturated heterocycles. The van der Waals surface area contributed by atoms with Gasteiger partial charge in [0.1, 0.15) is 11.4 Å². The second kappa shape index (κ2) is 6.62. The van der Waals surface area contributed by atoms with Crippen molar-refractivity contribution in [1.29, 1.82) is 0 Å². The molecule has 3 heterocycles. The Morgan fingerprint density at radius 2 is 2.08 bits per heavy atom. The Balaban J connectivity index is 1.59. The van der Waals surface area contributed by atoms with Gasteiger partial charge < -0.3 is 10.4 Å². The zero-order chi connectivity index (χ0) is 17.1. The summed E-state index contributed by atoms with van der Waals surface area (Å²) in [5.74, 6) is -1.33. The minimum Gasteiger partial charge on any atom is -0.477 e. The molecule has 0 saturated carbocycles. The maximum Gasteiger partial charge on any atom is 0.354 e. The van der Waals surface area contributed by atoms with Crippen molar-refractivity contribution in [2.24, 2.45) is 7.05 Å². The zero-order valence-electron chi connectivity index (χ0n) is 12.7. The first-order chi connectivity index (χ1) is 11.5. The van der Waals surface area contributed by atoms with Crippen LogP contribution in [0.5, 0.6) is 0 Å². The van der Waals surface area contributed by atoms with Crippen LogP contribution in [-0.4, -0.2) is 41.5 Å². The summed E-state index contributed by atoms with van der Waals surface area (Å²) in [5.41, 5.74) is 1.64. The number of nitrogens with zero attached hydrogens (tertiary/aromatic N) is 5. The fourth-order valence-corrected chi connectivity index (χ4v) is 2.88. The third-order valence-electron chi connectivity index (χ3n) is 3.32. The third kappa shape index (κ3) is 3.33. The SMILES string of the molecule is Cn1nccc1-c1csc(NC(=O)CCn2nccc2C(=O)O)n1. The van der Waals surface area contributed by atoms with Gasteiger partial charge in [0.15, 0.2) is 5.13 Å². The number of amides is 1. The van der Waals surface area contributed by atoms with Crippen molar-refractivity contribution >= 4 is 28.3 Å². The molecule has 9 nitrogen and oxygen atoms in total. The van der Waals surface area contributed by atoms with Crippen LogP contribution in [0.2, 0.25) is 0 Å². The largest absolute Gasteiger partial charge is 0.477 e. The Bertz CT molecular complexity index is 881. The second-order valence-electron chi connectivity index (χ2n) is 4.92. The second-order valence-corrected chi connectivity index (χ2v) is 5.78. The van der Waals surface area contributed by atoms with Crippen molar-refractivity contribution in [2.45, 2.75) is 13.0 Å². The van der Waals surface area contributed by atoms with Crippen molar-refractivity contribution in [3.05, 3.63) is 35.6 Å². The summed E-state index contributed by atoms with van der Waals surface area (Å²) in [6, 6.07) is 3.23. The molecule has 3 rings (SSSR count). The number of thiazole rings is 1. The Labute approximate surface area is 140 Å². The summed E-state index contributed by atoms with van der Waals surface area (Å²) in [6.07, 6.45) is 3.17. The molecule has 0 atom stereocenters. The molecule has 0 aliphatic heterocycles. The number of hydrogen-bond donors (Lipinski definition) is 2. The highest BCUT2D eigenvalue weighted by Gasteiger charge is 2.13. The summed E-state index contributed by atoms with van der Waals surface area (Å²) in [5, 5.41) is 22.0. The molecule has 1 amide bonds. The molecule has 0 spiro atoms. The van der Waals surface area contributed by atoms with Crippen LogP contribution >= 0.6 is 11.3 Å². The molecule has 0 aliphatic carbocycles. The van der Waals surface area contributed by atoms with Gasteiger partial charge in [-0.2, -0.15) is 10.2 Å². The number of carbonyl (C=O) groups excluding carboxylic acids is 1. The Morgan fingerprint density at radius 3 is 2.79 bits per heavy atom. The number of aromatic nitrogens is 5. The van der Waals surface area contributed by atoms with E-state index < -0.39 is 5.97 Å². The molecule has 2 N–H and O–H groups in total. The number of anilines is 1. The van der Waals surface area contributed by atoms with Gasteiger partial charge in [0.05, 0.1) is 12.2 Å². The van der Waals surface area contributed by atoms with E-state index in [9.17, 15) is 9.59 Å². The first-order valence-electron chi connectivity index (χ1n) is 7.03. The van der Waals surface area contributed by atoms with Gasteiger partial charge >= 0.3 is 5.97 Å². The highest BCUT2D eigenvalue weighted by molar-refractivity contribution is 7.14. The fraction of sp³-hybridized carbons (Fsp3) is 0.214.